The smallest absolute Gasteiger partial charge is 0.262 e. The molecule has 8 heavy (non-hydrogen) atoms. The van der Waals surface area contributed by atoms with Crippen molar-refractivity contribution < 1.29 is 4.92 Å². The fourth-order valence-electron chi connectivity index (χ4n) is 0.461. The maximum absolute atomic E-state index is 9.90. The molecule has 0 amide bonds. The van der Waals surface area contributed by atoms with Crippen LogP contribution in [0.1, 0.15) is 0 Å². The van der Waals surface area contributed by atoms with Crippen LogP contribution in [0.2, 0.25) is 0 Å². The standard InChI is InChI=1S/C3H5N2O2S/c6-5(7)3-4-1-2-8-3/h2-4H,1H2. The summed E-state index contributed by atoms with van der Waals surface area (Å²) in [5.74, 6) is 1.79. The number of nitrogens with zero attached hydrogens (tertiary/aromatic N) is 1. The van der Waals surface area contributed by atoms with E-state index in [0.717, 1.165) is 0 Å². The second kappa shape index (κ2) is 2.32. The first-order valence-corrected chi connectivity index (χ1v) is 3.09. The summed E-state index contributed by atoms with van der Waals surface area (Å²) >= 11 is 1.22. The van der Waals surface area contributed by atoms with Crippen LogP contribution in [0.15, 0.2) is 0 Å². The summed E-state index contributed by atoms with van der Waals surface area (Å²) in [4.78, 5) is 9.56. The van der Waals surface area contributed by atoms with Crippen molar-refractivity contribution in [2.24, 2.45) is 0 Å². The van der Waals surface area contributed by atoms with E-state index >= 15 is 0 Å². The van der Waals surface area contributed by atoms with Gasteiger partial charge in [0.25, 0.3) is 0 Å². The Bertz CT molecular complexity index is 101. The van der Waals surface area contributed by atoms with Crippen molar-refractivity contribution in [3.8, 4) is 0 Å². The zero-order valence-electron chi connectivity index (χ0n) is 4.03. The van der Waals surface area contributed by atoms with E-state index in [9.17, 15) is 10.1 Å². The molecule has 1 heterocycles. The van der Waals surface area contributed by atoms with Crippen LogP contribution in [0.3, 0.4) is 0 Å². The van der Waals surface area contributed by atoms with Gasteiger partial charge in [0.2, 0.25) is 0 Å². The molecule has 0 saturated carbocycles. The van der Waals surface area contributed by atoms with Crippen LogP contribution in [-0.2, 0) is 0 Å². The second-order valence-electron chi connectivity index (χ2n) is 1.35. The van der Waals surface area contributed by atoms with Gasteiger partial charge in [-0.2, -0.15) is 0 Å². The van der Waals surface area contributed by atoms with Gasteiger partial charge in [0.15, 0.2) is 0 Å². The quantitative estimate of drug-likeness (QED) is 0.405. The number of hydrogen-bond acceptors (Lipinski definition) is 4. The number of nitrogens with one attached hydrogen (secondary N) is 1. The van der Waals surface area contributed by atoms with E-state index in [1.54, 1.807) is 5.75 Å². The Morgan fingerprint density at radius 1 is 2.00 bits per heavy atom. The molecule has 0 aliphatic carbocycles. The Morgan fingerprint density at radius 3 is 3.00 bits per heavy atom. The molecule has 1 atom stereocenters. The molecule has 45 valence electrons. The van der Waals surface area contributed by atoms with Gasteiger partial charge in [-0.25, -0.2) is 5.32 Å². The highest BCUT2D eigenvalue weighted by Crippen LogP contribution is 2.17. The predicted octanol–water partition coefficient (Wildman–Crippen LogP) is 0.0449. The van der Waals surface area contributed by atoms with Crippen molar-refractivity contribution in [2.45, 2.75) is 5.50 Å². The van der Waals surface area contributed by atoms with Crippen molar-refractivity contribution in [1.29, 1.82) is 0 Å². The fourth-order valence-corrected chi connectivity index (χ4v) is 1.13. The lowest BCUT2D eigenvalue weighted by molar-refractivity contribution is -0.499. The summed E-state index contributed by atoms with van der Waals surface area (Å²) in [7, 11) is 0. The van der Waals surface area contributed by atoms with E-state index in [0.29, 0.717) is 6.54 Å². The average molecular weight is 133 g/mol. The summed E-state index contributed by atoms with van der Waals surface area (Å²) in [6.07, 6.45) is 0. The van der Waals surface area contributed by atoms with Crippen molar-refractivity contribution in [2.75, 3.05) is 6.54 Å². The van der Waals surface area contributed by atoms with E-state index in [-0.39, 0.29) is 4.92 Å². The van der Waals surface area contributed by atoms with Crippen LogP contribution >= 0.6 is 11.8 Å². The molecule has 1 saturated heterocycles. The Hall–Kier alpha value is -0.290. The number of hydrogen-bond donors (Lipinski definition) is 1. The maximum Gasteiger partial charge on any atom is 0.313 e. The summed E-state index contributed by atoms with van der Waals surface area (Å²) in [6.45, 7) is 0.635. The van der Waals surface area contributed by atoms with Crippen molar-refractivity contribution in [3.05, 3.63) is 15.9 Å². The lowest BCUT2D eigenvalue weighted by Crippen LogP contribution is -2.27. The minimum Gasteiger partial charge on any atom is -0.262 e. The van der Waals surface area contributed by atoms with E-state index in [1.165, 1.54) is 11.8 Å². The third kappa shape index (κ3) is 1.10. The zero-order chi connectivity index (χ0) is 5.98. The van der Waals surface area contributed by atoms with Gasteiger partial charge in [0.1, 0.15) is 0 Å². The van der Waals surface area contributed by atoms with E-state index in [1.807, 2.05) is 0 Å². The molecule has 1 unspecified atom stereocenters. The number of thioether (sulfide) groups is 1. The van der Waals surface area contributed by atoms with Gasteiger partial charge >= 0.3 is 5.50 Å². The number of rotatable bonds is 1. The number of nitro groups is 1. The Balaban J connectivity index is 2.35. The summed E-state index contributed by atoms with van der Waals surface area (Å²) < 4.78 is 0. The summed E-state index contributed by atoms with van der Waals surface area (Å²) in [6, 6.07) is 0. The Kier molecular flexibility index (Phi) is 1.69. The molecule has 0 aromatic rings. The monoisotopic (exact) mass is 133 g/mol. The van der Waals surface area contributed by atoms with Gasteiger partial charge < -0.3 is 0 Å². The van der Waals surface area contributed by atoms with E-state index in [2.05, 4.69) is 5.32 Å². The van der Waals surface area contributed by atoms with Crippen LogP contribution in [0, 0.1) is 15.9 Å². The SMILES string of the molecule is O=[N+]([O-])C1NC[CH]S1. The third-order valence-corrected chi connectivity index (χ3v) is 1.75. The zero-order valence-corrected chi connectivity index (χ0v) is 4.85. The molecule has 1 radical (unpaired) electrons. The Labute approximate surface area is 50.8 Å². The first-order valence-electron chi connectivity index (χ1n) is 2.15. The molecule has 0 aromatic heterocycles. The molecule has 0 bridgehead atoms. The third-order valence-electron chi connectivity index (χ3n) is 0.792. The van der Waals surface area contributed by atoms with Crippen LogP contribution in [0.4, 0.5) is 0 Å². The lowest BCUT2D eigenvalue weighted by atomic mass is 10.8. The van der Waals surface area contributed by atoms with Crippen molar-refractivity contribution >= 4 is 11.8 Å². The minimum absolute atomic E-state index is 0.339. The normalized spacial score (nSPS) is 28.2. The molecule has 1 fully saturated rings. The Morgan fingerprint density at radius 2 is 2.75 bits per heavy atom. The molecule has 1 aliphatic rings. The molecule has 4 nitrogen and oxygen atoms in total. The molecule has 0 spiro atoms. The van der Waals surface area contributed by atoms with Crippen LogP contribution in [0.5, 0.6) is 0 Å². The molecule has 1 aliphatic heterocycles. The van der Waals surface area contributed by atoms with Crippen LogP contribution in [0.25, 0.3) is 0 Å². The van der Waals surface area contributed by atoms with E-state index < -0.39 is 5.50 Å². The topological polar surface area (TPSA) is 55.2 Å². The van der Waals surface area contributed by atoms with Gasteiger partial charge in [-0.1, -0.05) is 11.8 Å². The van der Waals surface area contributed by atoms with Gasteiger partial charge in [0.05, 0.1) is 4.92 Å². The largest absolute Gasteiger partial charge is 0.313 e. The van der Waals surface area contributed by atoms with Gasteiger partial charge in [-0.05, 0) is 0 Å². The fraction of sp³-hybridized carbons (Fsp3) is 0.667. The molecule has 1 rings (SSSR count). The molecule has 0 aromatic carbocycles. The van der Waals surface area contributed by atoms with E-state index in [4.69, 9.17) is 0 Å². The minimum atomic E-state index is -0.602. The van der Waals surface area contributed by atoms with Gasteiger partial charge in [-0.15, -0.1) is 0 Å². The van der Waals surface area contributed by atoms with Gasteiger partial charge in [-0.3, -0.25) is 10.1 Å². The second-order valence-corrected chi connectivity index (χ2v) is 2.40. The molecular formula is C3H5N2O2S. The molecule has 5 heteroatoms. The lowest BCUT2D eigenvalue weighted by Gasteiger charge is -1.95. The molecular weight excluding hydrogens is 128 g/mol. The first kappa shape index (κ1) is 5.84. The summed E-state index contributed by atoms with van der Waals surface area (Å²) in [5, 5.41) is 12.6. The van der Waals surface area contributed by atoms with Gasteiger partial charge in [0, 0.05) is 12.3 Å². The van der Waals surface area contributed by atoms with Crippen molar-refractivity contribution in [3.63, 3.8) is 0 Å². The average Bonchev–Trinajstić information content (AvgIpc) is 2.12. The highest BCUT2D eigenvalue weighted by atomic mass is 32.2. The summed E-state index contributed by atoms with van der Waals surface area (Å²) in [5.41, 5.74) is -0.602. The van der Waals surface area contributed by atoms with Crippen molar-refractivity contribution in [1.82, 2.24) is 5.32 Å². The first-order chi connectivity index (χ1) is 3.80. The highest BCUT2D eigenvalue weighted by Gasteiger charge is 2.24. The van der Waals surface area contributed by atoms with Crippen LogP contribution < -0.4 is 5.32 Å². The predicted molar refractivity (Wildman–Crippen MR) is 30.7 cm³/mol. The molecule has 1 N–H and O–H groups in total. The van der Waals surface area contributed by atoms with Crippen LogP contribution in [-0.4, -0.2) is 17.0 Å². The highest BCUT2D eigenvalue weighted by molar-refractivity contribution is 8.01. The maximum atomic E-state index is 9.90.